The van der Waals surface area contributed by atoms with Crippen LogP contribution in [-0.4, -0.2) is 23.0 Å². The van der Waals surface area contributed by atoms with Crippen LogP contribution < -0.4 is 11.1 Å². The summed E-state index contributed by atoms with van der Waals surface area (Å²) >= 11 is 2.16. The van der Waals surface area contributed by atoms with E-state index < -0.39 is 17.9 Å². The summed E-state index contributed by atoms with van der Waals surface area (Å²) in [5, 5.41) is 11.1. The molecule has 1 amide bonds. The highest BCUT2D eigenvalue weighted by Crippen LogP contribution is 2.17. The molecule has 1 aromatic rings. The molecule has 0 heterocycles. The number of aryl methyl sites for hydroxylation is 1. The van der Waals surface area contributed by atoms with Gasteiger partial charge in [0.1, 0.15) is 0 Å². The van der Waals surface area contributed by atoms with Gasteiger partial charge < -0.3 is 16.2 Å². The summed E-state index contributed by atoms with van der Waals surface area (Å²) in [6.07, 6.45) is -0.380. The van der Waals surface area contributed by atoms with E-state index in [9.17, 15) is 9.59 Å². The Morgan fingerprint density at radius 2 is 2.18 bits per heavy atom. The Hall–Kier alpha value is -1.15. The van der Waals surface area contributed by atoms with Gasteiger partial charge in [-0.3, -0.25) is 9.59 Å². The van der Waals surface area contributed by atoms with Crippen molar-refractivity contribution in [2.24, 2.45) is 5.73 Å². The molecule has 1 atom stereocenters. The molecule has 0 aromatic heterocycles. The summed E-state index contributed by atoms with van der Waals surface area (Å²) in [5.74, 6) is -1.59. The molecule has 0 saturated heterocycles. The van der Waals surface area contributed by atoms with Crippen LogP contribution in [0.25, 0.3) is 0 Å². The van der Waals surface area contributed by atoms with Crippen LogP contribution in [-0.2, 0) is 9.59 Å². The number of hydrogen-bond donors (Lipinski definition) is 3. The number of carbonyl (C=O) groups excluding carboxylic acids is 1. The molecule has 0 bridgehead atoms. The van der Waals surface area contributed by atoms with Gasteiger partial charge in [-0.15, -0.1) is 0 Å². The maximum absolute atomic E-state index is 11.5. The van der Waals surface area contributed by atoms with Crippen molar-refractivity contribution in [1.82, 2.24) is 0 Å². The van der Waals surface area contributed by atoms with E-state index in [1.165, 1.54) is 0 Å². The van der Waals surface area contributed by atoms with Gasteiger partial charge in [0.25, 0.3) is 0 Å². The predicted octanol–water partition coefficient (Wildman–Crippen LogP) is 1.34. The minimum Gasteiger partial charge on any atom is -0.481 e. The van der Waals surface area contributed by atoms with Crippen molar-refractivity contribution in [2.45, 2.75) is 19.4 Å². The van der Waals surface area contributed by atoms with Crippen LogP contribution in [0.1, 0.15) is 12.0 Å². The van der Waals surface area contributed by atoms with E-state index in [0.717, 1.165) is 9.13 Å². The van der Waals surface area contributed by atoms with Crippen molar-refractivity contribution in [2.75, 3.05) is 5.32 Å². The number of carboxylic acids is 1. The number of nitrogens with one attached hydrogen (secondary N) is 1. The second kappa shape index (κ2) is 5.97. The third-order valence-corrected chi connectivity index (χ3v) is 3.33. The number of anilines is 1. The van der Waals surface area contributed by atoms with Gasteiger partial charge in [0.05, 0.1) is 12.5 Å². The number of rotatable bonds is 4. The number of aliphatic carboxylic acids is 1. The van der Waals surface area contributed by atoms with Gasteiger partial charge in [0, 0.05) is 9.26 Å². The molecule has 0 radical (unpaired) electrons. The zero-order valence-corrected chi connectivity index (χ0v) is 11.4. The largest absolute Gasteiger partial charge is 0.481 e. The standard InChI is InChI=1S/C11H13IN2O3/c1-6-2-3-7(4-8(6)12)14-11(17)9(13)5-10(15)16/h2-4,9H,5,13H2,1H3,(H,14,17)(H,15,16). The summed E-state index contributed by atoms with van der Waals surface area (Å²) in [7, 11) is 0. The summed E-state index contributed by atoms with van der Waals surface area (Å²) in [6.45, 7) is 1.96. The van der Waals surface area contributed by atoms with Gasteiger partial charge in [-0.25, -0.2) is 0 Å². The number of nitrogens with two attached hydrogens (primary N) is 1. The quantitative estimate of drug-likeness (QED) is 0.716. The Balaban J connectivity index is 2.67. The maximum Gasteiger partial charge on any atom is 0.305 e. The van der Waals surface area contributed by atoms with Crippen molar-refractivity contribution < 1.29 is 14.7 Å². The zero-order chi connectivity index (χ0) is 13.0. The van der Waals surface area contributed by atoms with Crippen molar-refractivity contribution in [3.8, 4) is 0 Å². The summed E-state index contributed by atoms with van der Waals surface area (Å²) < 4.78 is 1.02. The van der Waals surface area contributed by atoms with Crippen LogP contribution in [0.2, 0.25) is 0 Å². The Bertz CT molecular complexity index is 448. The minimum absolute atomic E-state index is 0.380. The molecule has 0 aliphatic carbocycles. The molecular formula is C11H13IN2O3. The Labute approximate surface area is 113 Å². The number of carboxylic acid groups (broad SMARTS) is 1. The van der Waals surface area contributed by atoms with Crippen LogP contribution in [0.4, 0.5) is 5.69 Å². The van der Waals surface area contributed by atoms with E-state index in [-0.39, 0.29) is 6.42 Å². The summed E-state index contributed by atoms with van der Waals surface area (Å²) in [6, 6.07) is 4.40. The molecule has 4 N–H and O–H groups in total. The normalized spacial score (nSPS) is 11.9. The first-order chi connectivity index (χ1) is 7.90. The van der Waals surface area contributed by atoms with Crippen molar-refractivity contribution in [3.63, 3.8) is 0 Å². The molecule has 1 rings (SSSR count). The maximum atomic E-state index is 11.5. The molecule has 0 fully saturated rings. The van der Waals surface area contributed by atoms with E-state index in [4.69, 9.17) is 10.8 Å². The fraction of sp³-hybridized carbons (Fsp3) is 0.273. The number of amides is 1. The molecular weight excluding hydrogens is 335 g/mol. The van der Waals surface area contributed by atoms with E-state index in [0.29, 0.717) is 5.69 Å². The summed E-state index contributed by atoms with van der Waals surface area (Å²) in [4.78, 5) is 21.9. The SMILES string of the molecule is Cc1ccc(NC(=O)C(N)CC(=O)O)cc1I. The zero-order valence-electron chi connectivity index (χ0n) is 9.24. The first-order valence-corrected chi connectivity index (χ1v) is 6.02. The molecule has 1 aromatic carbocycles. The van der Waals surface area contributed by atoms with E-state index >= 15 is 0 Å². The van der Waals surface area contributed by atoms with E-state index in [1.807, 2.05) is 13.0 Å². The predicted molar refractivity (Wildman–Crippen MR) is 72.8 cm³/mol. The average Bonchev–Trinajstić information content (AvgIpc) is 2.22. The van der Waals surface area contributed by atoms with Gasteiger partial charge in [-0.2, -0.15) is 0 Å². The Morgan fingerprint density at radius 3 is 2.71 bits per heavy atom. The minimum atomic E-state index is -1.09. The smallest absolute Gasteiger partial charge is 0.305 e. The second-order valence-electron chi connectivity index (χ2n) is 3.66. The third kappa shape index (κ3) is 4.31. The van der Waals surface area contributed by atoms with E-state index in [1.54, 1.807) is 12.1 Å². The molecule has 1 unspecified atom stereocenters. The lowest BCUT2D eigenvalue weighted by Gasteiger charge is -2.11. The van der Waals surface area contributed by atoms with Crippen LogP contribution >= 0.6 is 22.6 Å². The molecule has 5 nitrogen and oxygen atoms in total. The number of hydrogen-bond acceptors (Lipinski definition) is 3. The topological polar surface area (TPSA) is 92.4 Å². The van der Waals surface area contributed by atoms with Crippen molar-refractivity contribution in [3.05, 3.63) is 27.3 Å². The highest BCUT2D eigenvalue weighted by molar-refractivity contribution is 14.1. The second-order valence-corrected chi connectivity index (χ2v) is 4.82. The van der Waals surface area contributed by atoms with Crippen LogP contribution in [0.15, 0.2) is 18.2 Å². The Kier molecular flexibility index (Phi) is 4.88. The molecule has 0 aliphatic rings. The number of benzene rings is 1. The van der Waals surface area contributed by atoms with Gasteiger partial charge in [-0.1, -0.05) is 6.07 Å². The van der Waals surface area contributed by atoms with Crippen molar-refractivity contribution >= 4 is 40.2 Å². The highest BCUT2D eigenvalue weighted by atomic mass is 127. The molecule has 92 valence electrons. The first kappa shape index (κ1) is 13.9. The monoisotopic (exact) mass is 348 g/mol. The van der Waals surface area contributed by atoms with Gasteiger partial charge in [0.2, 0.25) is 5.91 Å². The van der Waals surface area contributed by atoms with Gasteiger partial charge >= 0.3 is 5.97 Å². The lowest BCUT2D eigenvalue weighted by atomic mass is 10.2. The number of halogens is 1. The van der Waals surface area contributed by atoms with Gasteiger partial charge in [-0.05, 0) is 47.2 Å². The van der Waals surface area contributed by atoms with E-state index in [2.05, 4.69) is 27.9 Å². The fourth-order valence-electron chi connectivity index (χ4n) is 1.19. The summed E-state index contributed by atoms with van der Waals surface area (Å²) in [5.41, 5.74) is 7.17. The third-order valence-electron chi connectivity index (χ3n) is 2.17. The van der Waals surface area contributed by atoms with Crippen LogP contribution in [0.5, 0.6) is 0 Å². The van der Waals surface area contributed by atoms with Crippen LogP contribution in [0, 0.1) is 10.5 Å². The molecule has 0 saturated carbocycles. The molecule has 17 heavy (non-hydrogen) atoms. The Morgan fingerprint density at radius 1 is 1.53 bits per heavy atom. The van der Waals surface area contributed by atoms with Gasteiger partial charge in [0.15, 0.2) is 0 Å². The average molecular weight is 348 g/mol. The first-order valence-electron chi connectivity index (χ1n) is 4.94. The lowest BCUT2D eigenvalue weighted by Crippen LogP contribution is -2.37. The highest BCUT2D eigenvalue weighted by Gasteiger charge is 2.17. The molecule has 0 aliphatic heterocycles. The van der Waals surface area contributed by atoms with Crippen LogP contribution in [0.3, 0.4) is 0 Å². The number of carbonyl (C=O) groups is 2. The lowest BCUT2D eigenvalue weighted by molar-refractivity contribution is -0.138. The molecule has 0 spiro atoms. The molecule has 6 heteroatoms. The fourth-order valence-corrected chi connectivity index (χ4v) is 1.70. The van der Waals surface area contributed by atoms with Crippen molar-refractivity contribution in [1.29, 1.82) is 0 Å².